The maximum atomic E-state index is 3.46. The van der Waals surface area contributed by atoms with Crippen molar-refractivity contribution in [1.29, 1.82) is 0 Å². The largest absolute Gasteiger partial charge is 0.314 e. The molecule has 2 aliphatic heterocycles. The summed E-state index contributed by atoms with van der Waals surface area (Å²) in [7, 11) is 0. The number of piperidine rings is 1. The van der Waals surface area contributed by atoms with Crippen molar-refractivity contribution in [3.8, 4) is 0 Å². The van der Waals surface area contributed by atoms with Crippen molar-refractivity contribution in [3.63, 3.8) is 0 Å². The summed E-state index contributed by atoms with van der Waals surface area (Å²) in [5.41, 5.74) is 0. The molecule has 0 saturated carbocycles. The lowest BCUT2D eigenvalue weighted by molar-refractivity contribution is 0.0970. The number of likely N-dealkylation sites (tertiary alicyclic amines) is 1. The third-order valence-electron chi connectivity index (χ3n) is 5.30. The highest BCUT2D eigenvalue weighted by Crippen LogP contribution is 2.17. The molecule has 0 bridgehead atoms. The van der Waals surface area contributed by atoms with E-state index in [0.717, 1.165) is 6.04 Å². The highest BCUT2D eigenvalue weighted by Gasteiger charge is 2.24. The van der Waals surface area contributed by atoms with Crippen LogP contribution in [0.5, 0.6) is 0 Å². The second kappa shape index (κ2) is 10.6. The van der Waals surface area contributed by atoms with Gasteiger partial charge in [0, 0.05) is 32.2 Å². The summed E-state index contributed by atoms with van der Waals surface area (Å²) in [4.78, 5) is 5.44. The standard InChI is InChI=1S/C18H37N3/c1-2-3-4-5-6-7-8-13-20-14-9-18(10-15-20)21-16-11-19-12-17-21/h18-19H,2-17H2,1H3. The summed E-state index contributed by atoms with van der Waals surface area (Å²) >= 11 is 0. The highest BCUT2D eigenvalue weighted by atomic mass is 15.2. The molecule has 2 fully saturated rings. The summed E-state index contributed by atoms with van der Waals surface area (Å²) in [5, 5.41) is 3.46. The van der Waals surface area contributed by atoms with Gasteiger partial charge in [0.1, 0.15) is 0 Å². The minimum atomic E-state index is 0.873. The Morgan fingerprint density at radius 1 is 0.810 bits per heavy atom. The van der Waals surface area contributed by atoms with Gasteiger partial charge in [-0.25, -0.2) is 0 Å². The molecule has 3 nitrogen and oxygen atoms in total. The predicted octanol–water partition coefficient (Wildman–Crippen LogP) is 3.11. The number of hydrogen-bond donors (Lipinski definition) is 1. The second-order valence-corrected chi connectivity index (χ2v) is 6.98. The van der Waals surface area contributed by atoms with E-state index in [4.69, 9.17) is 0 Å². The first kappa shape index (κ1) is 17.2. The maximum absolute atomic E-state index is 3.46. The molecule has 3 heteroatoms. The van der Waals surface area contributed by atoms with Gasteiger partial charge in [-0.15, -0.1) is 0 Å². The molecule has 2 heterocycles. The molecule has 2 saturated heterocycles. The summed E-state index contributed by atoms with van der Waals surface area (Å²) in [6.07, 6.45) is 12.8. The zero-order chi connectivity index (χ0) is 14.8. The Labute approximate surface area is 132 Å². The van der Waals surface area contributed by atoms with Crippen LogP contribution in [-0.2, 0) is 0 Å². The van der Waals surface area contributed by atoms with E-state index >= 15 is 0 Å². The van der Waals surface area contributed by atoms with Crippen LogP contribution in [0.25, 0.3) is 0 Å². The quantitative estimate of drug-likeness (QED) is 0.659. The van der Waals surface area contributed by atoms with Gasteiger partial charge in [0.15, 0.2) is 0 Å². The van der Waals surface area contributed by atoms with Gasteiger partial charge in [-0.3, -0.25) is 4.90 Å². The number of piperazine rings is 1. The molecule has 1 N–H and O–H groups in total. The Bertz CT molecular complexity index is 243. The van der Waals surface area contributed by atoms with Crippen molar-refractivity contribution < 1.29 is 0 Å². The van der Waals surface area contributed by atoms with Gasteiger partial charge in [0.2, 0.25) is 0 Å². The van der Waals surface area contributed by atoms with E-state index in [9.17, 15) is 0 Å². The fraction of sp³-hybridized carbons (Fsp3) is 1.00. The first-order valence-corrected chi connectivity index (χ1v) is 9.57. The molecule has 124 valence electrons. The average molecular weight is 296 g/mol. The van der Waals surface area contributed by atoms with E-state index in [1.54, 1.807) is 0 Å². The summed E-state index contributed by atoms with van der Waals surface area (Å²) in [6.45, 7) is 11.2. The third kappa shape index (κ3) is 6.66. The molecule has 0 radical (unpaired) electrons. The van der Waals surface area contributed by atoms with Gasteiger partial charge in [-0.05, 0) is 38.9 Å². The molecule has 0 unspecified atom stereocenters. The SMILES string of the molecule is CCCCCCCCCN1CCC(N2CCNCC2)CC1. The molecule has 2 aliphatic rings. The monoisotopic (exact) mass is 295 g/mol. The van der Waals surface area contributed by atoms with Crippen LogP contribution in [0.1, 0.15) is 64.7 Å². The molecular weight excluding hydrogens is 258 g/mol. The van der Waals surface area contributed by atoms with Crippen molar-refractivity contribution in [2.75, 3.05) is 45.8 Å². The zero-order valence-corrected chi connectivity index (χ0v) is 14.3. The first-order chi connectivity index (χ1) is 10.4. The molecule has 0 aromatic carbocycles. The van der Waals surface area contributed by atoms with E-state index < -0.39 is 0 Å². The molecular formula is C18H37N3. The van der Waals surface area contributed by atoms with Crippen LogP contribution in [-0.4, -0.2) is 61.7 Å². The first-order valence-electron chi connectivity index (χ1n) is 9.57. The maximum Gasteiger partial charge on any atom is 0.0121 e. The van der Waals surface area contributed by atoms with E-state index in [2.05, 4.69) is 22.0 Å². The lowest BCUT2D eigenvalue weighted by Gasteiger charge is -2.40. The Balaban J connectivity index is 1.47. The van der Waals surface area contributed by atoms with E-state index in [1.807, 2.05) is 0 Å². The molecule has 0 amide bonds. The van der Waals surface area contributed by atoms with E-state index in [0.29, 0.717) is 0 Å². The van der Waals surface area contributed by atoms with Gasteiger partial charge in [0.25, 0.3) is 0 Å². The summed E-state index contributed by atoms with van der Waals surface area (Å²) < 4.78 is 0. The summed E-state index contributed by atoms with van der Waals surface area (Å²) in [5.74, 6) is 0. The zero-order valence-electron chi connectivity index (χ0n) is 14.3. The van der Waals surface area contributed by atoms with Crippen LogP contribution in [0.4, 0.5) is 0 Å². The minimum Gasteiger partial charge on any atom is -0.314 e. The van der Waals surface area contributed by atoms with Gasteiger partial charge in [-0.1, -0.05) is 45.4 Å². The Hall–Kier alpha value is -0.120. The molecule has 0 aliphatic carbocycles. The number of nitrogens with zero attached hydrogens (tertiary/aromatic N) is 2. The normalized spacial score (nSPS) is 22.7. The second-order valence-electron chi connectivity index (χ2n) is 6.98. The molecule has 21 heavy (non-hydrogen) atoms. The topological polar surface area (TPSA) is 18.5 Å². The molecule has 0 aromatic rings. The van der Waals surface area contributed by atoms with Crippen LogP contribution in [0.3, 0.4) is 0 Å². The molecule has 2 rings (SSSR count). The van der Waals surface area contributed by atoms with Crippen molar-refractivity contribution in [2.24, 2.45) is 0 Å². The highest BCUT2D eigenvalue weighted by molar-refractivity contribution is 4.82. The average Bonchev–Trinajstić information content (AvgIpc) is 2.55. The fourth-order valence-electron chi connectivity index (χ4n) is 3.85. The lowest BCUT2D eigenvalue weighted by atomic mass is 10.0. The van der Waals surface area contributed by atoms with Crippen LogP contribution >= 0.6 is 0 Å². The lowest BCUT2D eigenvalue weighted by Crippen LogP contribution is -2.52. The fourth-order valence-corrected chi connectivity index (χ4v) is 3.85. The molecule has 0 atom stereocenters. The number of hydrogen-bond acceptors (Lipinski definition) is 3. The van der Waals surface area contributed by atoms with Crippen molar-refractivity contribution in [1.82, 2.24) is 15.1 Å². The van der Waals surface area contributed by atoms with Gasteiger partial charge in [0.05, 0.1) is 0 Å². The molecule has 0 spiro atoms. The number of unbranched alkanes of at least 4 members (excludes halogenated alkanes) is 6. The third-order valence-corrected chi connectivity index (χ3v) is 5.30. The minimum absolute atomic E-state index is 0.873. The van der Waals surface area contributed by atoms with E-state index in [-0.39, 0.29) is 0 Å². The Morgan fingerprint density at radius 2 is 1.43 bits per heavy atom. The number of nitrogens with one attached hydrogen (secondary N) is 1. The Kier molecular flexibility index (Phi) is 8.68. The smallest absolute Gasteiger partial charge is 0.0121 e. The van der Waals surface area contributed by atoms with Crippen LogP contribution in [0.15, 0.2) is 0 Å². The van der Waals surface area contributed by atoms with Crippen molar-refractivity contribution in [2.45, 2.75) is 70.8 Å². The van der Waals surface area contributed by atoms with Crippen molar-refractivity contribution >= 4 is 0 Å². The number of rotatable bonds is 9. The van der Waals surface area contributed by atoms with Gasteiger partial charge >= 0.3 is 0 Å². The molecule has 0 aromatic heterocycles. The van der Waals surface area contributed by atoms with Crippen LogP contribution in [0, 0.1) is 0 Å². The van der Waals surface area contributed by atoms with Gasteiger partial charge < -0.3 is 10.2 Å². The summed E-state index contributed by atoms with van der Waals surface area (Å²) in [6, 6.07) is 0.873. The van der Waals surface area contributed by atoms with Crippen LogP contribution < -0.4 is 5.32 Å². The predicted molar refractivity (Wildman–Crippen MR) is 91.9 cm³/mol. The van der Waals surface area contributed by atoms with Crippen LogP contribution in [0.2, 0.25) is 0 Å². The van der Waals surface area contributed by atoms with Gasteiger partial charge in [-0.2, -0.15) is 0 Å². The van der Waals surface area contributed by atoms with E-state index in [1.165, 1.54) is 104 Å². The Morgan fingerprint density at radius 3 is 2.10 bits per heavy atom. The van der Waals surface area contributed by atoms with Crippen molar-refractivity contribution in [3.05, 3.63) is 0 Å².